The first kappa shape index (κ1) is 33.0. The average Bonchev–Trinajstić information content (AvgIpc) is 2.90. The second-order valence-corrected chi connectivity index (χ2v) is 11.3. The predicted octanol–water partition coefficient (Wildman–Crippen LogP) is 10.9. The van der Waals surface area contributed by atoms with Crippen molar-refractivity contribution in [2.75, 3.05) is 0 Å². The Morgan fingerprint density at radius 3 is 0.889 bits per heavy atom. The molecule has 0 aromatic carbocycles. The molecule has 1 heterocycles. The van der Waals surface area contributed by atoms with E-state index in [4.69, 9.17) is 4.98 Å². The molecule has 1 aromatic rings. The molecule has 1 radical (unpaired) electrons. The average molecular weight is 501 g/mol. The molecular weight excluding hydrogens is 438 g/mol. The summed E-state index contributed by atoms with van der Waals surface area (Å²) in [6.07, 6.45) is 41.0. The molecule has 0 unspecified atom stereocenters. The minimum Gasteiger partial charge on any atom is -0.218 e. The highest BCUT2D eigenvalue weighted by Gasteiger charge is 2.03. The van der Waals surface area contributed by atoms with Crippen LogP contribution in [0.15, 0.2) is 0 Å². The Morgan fingerprint density at radius 2 is 0.611 bits per heavy atom. The minimum absolute atomic E-state index is 0.956. The molecule has 3 heteroatoms. The Bertz CT molecular complexity index is 514. The third-order valence-electron chi connectivity index (χ3n) is 7.62. The minimum atomic E-state index is 0.956. The topological polar surface area (TPSA) is 38.7 Å². The fourth-order valence-electron chi connectivity index (χ4n) is 5.16. The van der Waals surface area contributed by atoms with Crippen LogP contribution in [0.2, 0.25) is 0 Å². The van der Waals surface area contributed by atoms with Gasteiger partial charge in [-0.15, -0.1) is 0 Å². The van der Waals surface area contributed by atoms with Gasteiger partial charge in [0, 0.05) is 12.8 Å². The molecule has 36 heavy (non-hydrogen) atoms. The number of hydrogen-bond donors (Lipinski definition) is 0. The van der Waals surface area contributed by atoms with Crippen molar-refractivity contribution in [2.45, 2.75) is 194 Å². The van der Waals surface area contributed by atoms with Gasteiger partial charge in [0.1, 0.15) is 11.6 Å². The van der Waals surface area contributed by atoms with Gasteiger partial charge in [-0.25, -0.2) is 15.0 Å². The maximum Gasteiger partial charge on any atom is 0.201 e. The van der Waals surface area contributed by atoms with Crippen LogP contribution in [-0.2, 0) is 12.8 Å². The molecule has 3 nitrogen and oxygen atoms in total. The van der Waals surface area contributed by atoms with Crippen molar-refractivity contribution < 1.29 is 0 Å². The SMILES string of the molecule is CCCCCCCCCCCCCCCc1n[c]nc(CCCCCCCCCCCCCCC)n1. The van der Waals surface area contributed by atoms with Crippen molar-refractivity contribution in [1.82, 2.24) is 15.0 Å². The normalized spacial score (nSPS) is 11.4. The van der Waals surface area contributed by atoms with Gasteiger partial charge < -0.3 is 0 Å². The van der Waals surface area contributed by atoms with E-state index >= 15 is 0 Å². The van der Waals surface area contributed by atoms with E-state index in [9.17, 15) is 0 Å². The zero-order valence-electron chi connectivity index (χ0n) is 24.6. The molecule has 0 aliphatic rings. The molecule has 0 fully saturated rings. The van der Waals surface area contributed by atoms with Crippen LogP contribution in [0.5, 0.6) is 0 Å². The lowest BCUT2D eigenvalue weighted by atomic mass is 10.0. The molecule has 0 N–H and O–H groups in total. The largest absolute Gasteiger partial charge is 0.218 e. The number of hydrogen-bond acceptors (Lipinski definition) is 3. The van der Waals surface area contributed by atoms with Crippen LogP contribution in [0.4, 0.5) is 0 Å². The number of aryl methyl sites for hydroxylation is 2. The molecule has 0 amide bonds. The Kier molecular flexibility index (Phi) is 24.8. The van der Waals surface area contributed by atoms with Gasteiger partial charge in [0.2, 0.25) is 6.33 Å². The predicted molar refractivity (Wildman–Crippen MR) is 157 cm³/mol. The maximum absolute atomic E-state index is 4.71. The van der Waals surface area contributed by atoms with E-state index in [0.717, 1.165) is 24.5 Å². The third kappa shape index (κ3) is 22.2. The molecule has 0 saturated heterocycles. The van der Waals surface area contributed by atoms with E-state index in [2.05, 4.69) is 30.1 Å². The molecule has 0 saturated carbocycles. The highest BCUT2D eigenvalue weighted by molar-refractivity contribution is 4.90. The van der Waals surface area contributed by atoms with Gasteiger partial charge in [-0.1, -0.05) is 168 Å². The number of rotatable bonds is 28. The highest BCUT2D eigenvalue weighted by Crippen LogP contribution is 2.14. The fourth-order valence-corrected chi connectivity index (χ4v) is 5.16. The van der Waals surface area contributed by atoms with Gasteiger partial charge in [0.15, 0.2) is 0 Å². The molecule has 209 valence electrons. The van der Waals surface area contributed by atoms with Gasteiger partial charge in [0.05, 0.1) is 0 Å². The number of unbranched alkanes of at least 4 members (excludes halogenated alkanes) is 24. The molecule has 0 spiro atoms. The zero-order chi connectivity index (χ0) is 25.8. The van der Waals surface area contributed by atoms with Gasteiger partial charge in [-0.2, -0.15) is 0 Å². The summed E-state index contributed by atoms with van der Waals surface area (Å²) in [5, 5.41) is 0. The van der Waals surface area contributed by atoms with E-state index < -0.39 is 0 Å². The summed E-state index contributed by atoms with van der Waals surface area (Å²) >= 11 is 0. The lowest BCUT2D eigenvalue weighted by molar-refractivity contribution is 0.536. The van der Waals surface area contributed by atoms with Crippen molar-refractivity contribution in [1.29, 1.82) is 0 Å². The summed E-state index contributed by atoms with van der Waals surface area (Å²) in [5.74, 6) is 1.91. The first-order valence-electron chi connectivity index (χ1n) is 16.5. The van der Waals surface area contributed by atoms with Crippen molar-refractivity contribution in [3.8, 4) is 0 Å². The summed E-state index contributed by atoms with van der Waals surface area (Å²) in [5.41, 5.74) is 0. The molecule has 0 aliphatic heterocycles. The standard InChI is InChI=1S/C33H62N3/c1-3-5-7-9-11-13-15-17-19-21-23-25-27-29-32-34-31-35-33(36-32)30-28-26-24-22-20-18-16-14-12-10-8-6-4-2/h3-30H2,1-2H3. The van der Waals surface area contributed by atoms with E-state index in [0.29, 0.717) is 0 Å². The highest BCUT2D eigenvalue weighted by atomic mass is 15.0. The van der Waals surface area contributed by atoms with Crippen LogP contribution in [0, 0.1) is 6.33 Å². The lowest BCUT2D eigenvalue weighted by Gasteiger charge is -2.05. The quantitative estimate of drug-likeness (QED) is 0.107. The first-order valence-corrected chi connectivity index (χ1v) is 16.5. The van der Waals surface area contributed by atoms with Crippen LogP contribution < -0.4 is 0 Å². The van der Waals surface area contributed by atoms with E-state index in [-0.39, 0.29) is 0 Å². The number of aromatic nitrogens is 3. The summed E-state index contributed by atoms with van der Waals surface area (Å²) in [6, 6.07) is 0. The van der Waals surface area contributed by atoms with Gasteiger partial charge in [-0.3, -0.25) is 0 Å². The third-order valence-corrected chi connectivity index (χ3v) is 7.62. The molecule has 1 rings (SSSR count). The van der Waals surface area contributed by atoms with Crippen molar-refractivity contribution in [3.05, 3.63) is 18.0 Å². The van der Waals surface area contributed by atoms with E-state index in [1.807, 2.05) is 0 Å². The summed E-state index contributed by atoms with van der Waals surface area (Å²) < 4.78 is 0. The Hall–Kier alpha value is -0.990. The van der Waals surface area contributed by atoms with E-state index in [1.54, 1.807) is 0 Å². The van der Waals surface area contributed by atoms with Crippen LogP contribution in [-0.4, -0.2) is 15.0 Å². The zero-order valence-corrected chi connectivity index (χ0v) is 24.6. The van der Waals surface area contributed by atoms with E-state index in [1.165, 1.54) is 167 Å². The summed E-state index contributed by atoms with van der Waals surface area (Å²) in [6.45, 7) is 4.59. The molecule has 0 atom stereocenters. The smallest absolute Gasteiger partial charge is 0.201 e. The second kappa shape index (κ2) is 27.1. The monoisotopic (exact) mass is 500 g/mol. The first-order chi connectivity index (χ1) is 17.9. The molecule has 0 aliphatic carbocycles. The Morgan fingerprint density at radius 1 is 0.361 bits per heavy atom. The van der Waals surface area contributed by atoms with Crippen LogP contribution >= 0.6 is 0 Å². The van der Waals surface area contributed by atoms with Crippen LogP contribution in [0.1, 0.15) is 192 Å². The van der Waals surface area contributed by atoms with Crippen molar-refractivity contribution >= 4 is 0 Å². The molecule has 1 aromatic heterocycles. The summed E-state index contributed by atoms with van der Waals surface area (Å²) in [7, 11) is 0. The van der Waals surface area contributed by atoms with Crippen molar-refractivity contribution in [3.63, 3.8) is 0 Å². The van der Waals surface area contributed by atoms with Crippen molar-refractivity contribution in [2.24, 2.45) is 0 Å². The summed E-state index contributed by atoms with van der Waals surface area (Å²) in [4.78, 5) is 13.3. The molecule has 0 bridgehead atoms. The Labute approximate surface area is 226 Å². The number of nitrogens with zero attached hydrogens (tertiary/aromatic N) is 3. The lowest BCUT2D eigenvalue weighted by Crippen LogP contribution is -2.03. The maximum atomic E-state index is 4.71. The van der Waals surface area contributed by atoms with Gasteiger partial charge >= 0.3 is 0 Å². The van der Waals surface area contributed by atoms with Crippen LogP contribution in [0.3, 0.4) is 0 Å². The fraction of sp³-hybridized carbons (Fsp3) is 0.909. The molecular formula is C33H62N3. The van der Waals surface area contributed by atoms with Gasteiger partial charge in [0.25, 0.3) is 0 Å². The van der Waals surface area contributed by atoms with Gasteiger partial charge in [-0.05, 0) is 12.8 Å². The second-order valence-electron chi connectivity index (χ2n) is 11.3. The van der Waals surface area contributed by atoms with Crippen LogP contribution in [0.25, 0.3) is 0 Å². The Balaban J connectivity index is 1.89.